The van der Waals surface area contributed by atoms with E-state index in [9.17, 15) is 4.79 Å². The van der Waals surface area contributed by atoms with Crippen LogP contribution in [0.15, 0.2) is 49.2 Å². The van der Waals surface area contributed by atoms with Gasteiger partial charge >= 0.3 is 0 Å². The quantitative estimate of drug-likeness (QED) is 0.770. The average Bonchev–Trinajstić information content (AvgIpc) is 2.64. The van der Waals surface area contributed by atoms with Gasteiger partial charge in [0, 0.05) is 24.0 Å². The minimum atomic E-state index is -0.346. The zero-order valence-corrected chi connectivity index (χ0v) is 13.9. The molecule has 1 amide bonds. The molecule has 0 spiro atoms. The van der Waals surface area contributed by atoms with E-state index in [4.69, 9.17) is 4.74 Å². The Kier molecular flexibility index (Phi) is 4.94. The normalized spacial score (nSPS) is 10.3. The van der Waals surface area contributed by atoms with E-state index in [1.54, 1.807) is 36.8 Å². The summed E-state index contributed by atoms with van der Waals surface area (Å²) in [6, 6.07) is 6.99. The fraction of sp³-hybridized carbons (Fsp3) is 0.167. The van der Waals surface area contributed by atoms with Gasteiger partial charge < -0.3 is 10.1 Å². The van der Waals surface area contributed by atoms with Gasteiger partial charge in [0.1, 0.15) is 23.6 Å². The van der Waals surface area contributed by atoms with Crippen LogP contribution in [0.3, 0.4) is 0 Å². The highest BCUT2D eigenvalue weighted by Crippen LogP contribution is 2.22. The molecule has 3 heterocycles. The Morgan fingerprint density at radius 2 is 1.92 bits per heavy atom. The fourth-order valence-corrected chi connectivity index (χ4v) is 2.11. The number of nitrogens with one attached hydrogen (secondary N) is 1. The first-order valence-corrected chi connectivity index (χ1v) is 7.82. The zero-order valence-electron chi connectivity index (χ0n) is 13.9. The van der Waals surface area contributed by atoms with Crippen molar-refractivity contribution < 1.29 is 9.53 Å². The number of carbonyl (C=O) groups is 1. The largest absolute Gasteiger partial charge is 0.454 e. The summed E-state index contributed by atoms with van der Waals surface area (Å²) in [5.41, 5.74) is 2.02. The highest BCUT2D eigenvalue weighted by Gasteiger charge is 2.12. The average molecular weight is 335 g/mol. The molecule has 3 rings (SSSR count). The Bertz CT molecular complexity index is 866. The molecule has 0 radical (unpaired) electrons. The van der Waals surface area contributed by atoms with Gasteiger partial charge in [-0.3, -0.25) is 4.79 Å². The van der Waals surface area contributed by atoms with E-state index >= 15 is 0 Å². The first-order chi connectivity index (χ1) is 12.1. The minimum Gasteiger partial charge on any atom is -0.454 e. The second-order valence-corrected chi connectivity index (χ2v) is 5.38. The van der Waals surface area contributed by atoms with Gasteiger partial charge in [-0.2, -0.15) is 0 Å². The molecule has 3 aromatic heterocycles. The van der Waals surface area contributed by atoms with Crippen molar-refractivity contribution in [3.05, 3.63) is 66.1 Å². The van der Waals surface area contributed by atoms with Gasteiger partial charge in [0.25, 0.3) is 5.91 Å². The van der Waals surface area contributed by atoms with Crippen LogP contribution in [0.4, 0.5) is 5.82 Å². The second kappa shape index (κ2) is 7.48. The van der Waals surface area contributed by atoms with Crippen LogP contribution in [0, 0.1) is 6.92 Å². The van der Waals surface area contributed by atoms with Crippen LogP contribution in [0.1, 0.15) is 28.7 Å². The molecule has 0 bridgehead atoms. The molecule has 25 heavy (non-hydrogen) atoms. The molecule has 0 saturated heterocycles. The van der Waals surface area contributed by atoms with Gasteiger partial charge in [-0.25, -0.2) is 19.9 Å². The Hall–Kier alpha value is -3.35. The van der Waals surface area contributed by atoms with Crippen LogP contribution in [0.5, 0.6) is 11.5 Å². The zero-order chi connectivity index (χ0) is 17.6. The number of nitrogens with zero attached hydrogens (tertiary/aromatic N) is 4. The smallest absolute Gasteiger partial charge is 0.275 e. The minimum absolute atomic E-state index is 0.258. The van der Waals surface area contributed by atoms with Crippen molar-refractivity contribution in [3.8, 4) is 11.5 Å². The third-order valence-electron chi connectivity index (χ3n) is 3.37. The Morgan fingerprint density at radius 3 is 2.60 bits per heavy atom. The van der Waals surface area contributed by atoms with Gasteiger partial charge in [-0.05, 0) is 25.0 Å². The third kappa shape index (κ3) is 4.35. The molecule has 0 fully saturated rings. The van der Waals surface area contributed by atoms with Crippen molar-refractivity contribution in [1.82, 2.24) is 19.9 Å². The topological polar surface area (TPSA) is 89.9 Å². The maximum absolute atomic E-state index is 12.5. The van der Waals surface area contributed by atoms with Crippen LogP contribution in [-0.2, 0) is 6.42 Å². The molecule has 126 valence electrons. The number of amides is 1. The number of ether oxygens (including phenoxy) is 1. The summed E-state index contributed by atoms with van der Waals surface area (Å²) >= 11 is 0. The monoisotopic (exact) mass is 335 g/mol. The molecular weight excluding hydrogens is 318 g/mol. The van der Waals surface area contributed by atoms with Crippen molar-refractivity contribution in [2.75, 3.05) is 5.32 Å². The molecule has 3 aromatic rings. The van der Waals surface area contributed by atoms with E-state index in [0.717, 1.165) is 11.3 Å². The Balaban J connectivity index is 1.83. The molecule has 7 nitrogen and oxygen atoms in total. The highest BCUT2D eigenvalue weighted by molar-refractivity contribution is 6.02. The lowest BCUT2D eigenvalue weighted by Crippen LogP contribution is -2.15. The second-order valence-electron chi connectivity index (χ2n) is 5.38. The van der Waals surface area contributed by atoms with Gasteiger partial charge in [-0.1, -0.05) is 13.0 Å². The summed E-state index contributed by atoms with van der Waals surface area (Å²) in [4.78, 5) is 28.8. The van der Waals surface area contributed by atoms with Crippen LogP contribution in [-0.4, -0.2) is 25.8 Å². The van der Waals surface area contributed by atoms with Crippen LogP contribution in [0.2, 0.25) is 0 Å². The molecule has 0 aliphatic rings. The van der Waals surface area contributed by atoms with E-state index in [-0.39, 0.29) is 11.6 Å². The van der Waals surface area contributed by atoms with Crippen LogP contribution < -0.4 is 10.1 Å². The van der Waals surface area contributed by atoms with Gasteiger partial charge in [0.15, 0.2) is 5.75 Å². The summed E-state index contributed by atoms with van der Waals surface area (Å²) in [5.74, 6) is 1.12. The highest BCUT2D eigenvalue weighted by atomic mass is 16.5. The number of hydrogen-bond donors (Lipinski definition) is 1. The van der Waals surface area contributed by atoms with Gasteiger partial charge in [0.05, 0.1) is 12.4 Å². The number of rotatable bonds is 5. The molecule has 0 aromatic carbocycles. The number of anilines is 1. The van der Waals surface area contributed by atoms with Gasteiger partial charge in [-0.15, -0.1) is 0 Å². The van der Waals surface area contributed by atoms with Gasteiger partial charge in [0.2, 0.25) is 0 Å². The third-order valence-corrected chi connectivity index (χ3v) is 3.37. The van der Waals surface area contributed by atoms with Crippen LogP contribution in [0.25, 0.3) is 0 Å². The van der Waals surface area contributed by atoms with Crippen LogP contribution >= 0.6 is 0 Å². The molecular formula is C18H17N5O2. The van der Waals surface area contributed by atoms with Crippen molar-refractivity contribution in [3.63, 3.8) is 0 Å². The lowest BCUT2D eigenvalue weighted by Gasteiger charge is -2.09. The molecule has 7 heteroatoms. The molecule has 0 saturated carbocycles. The fourth-order valence-electron chi connectivity index (χ4n) is 2.11. The maximum atomic E-state index is 12.5. The van der Waals surface area contributed by atoms with E-state index in [0.29, 0.717) is 23.7 Å². The number of aromatic nitrogens is 4. The SMILES string of the molecule is CCc1cc(Oc2cncnc2)cc(C(=O)Nc2ccc(C)cn2)n1. The predicted molar refractivity (Wildman–Crippen MR) is 92.6 cm³/mol. The summed E-state index contributed by atoms with van der Waals surface area (Å²) in [6.45, 7) is 3.89. The first kappa shape index (κ1) is 16.5. The lowest BCUT2D eigenvalue weighted by atomic mass is 10.2. The molecule has 0 aliphatic heterocycles. The van der Waals surface area contributed by atoms with E-state index < -0.39 is 0 Å². The summed E-state index contributed by atoms with van der Waals surface area (Å²) in [6.07, 6.45) is 6.88. The predicted octanol–water partition coefficient (Wildman–Crippen LogP) is 3.18. The summed E-state index contributed by atoms with van der Waals surface area (Å²) < 4.78 is 5.72. The number of pyridine rings is 2. The Morgan fingerprint density at radius 1 is 1.12 bits per heavy atom. The van der Waals surface area contributed by atoms with Crippen molar-refractivity contribution in [2.24, 2.45) is 0 Å². The van der Waals surface area contributed by atoms with Crippen molar-refractivity contribution >= 4 is 11.7 Å². The van der Waals surface area contributed by atoms with E-state index in [2.05, 4.69) is 25.3 Å². The Labute approximate surface area is 145 Å². The van der Waals surface area contributed by atoms with E-state index in [1.165, 1.54) is 6.33 Å². The molecule has 0 atom stereocenters. The number of aryl methyl sites for hydroxylation is 2. The standard InChI is InChI=1S/C18H17N5O2/c1-3-13-6-14(25-15-9-19-11-20-10-15)7-16(22-13)18(24)23-17-5-4-12(2)8-21-17/h4-11H,3H2,1-2H3,(H,21,23,24). The summed E-state index contributed by atoms with van der Waals surface area (Å²) in [5, 5.41) is 2.74. The first-order valence-electron chi connectivity index (χ1n) is 7.82. The number of hydrogen-bond acceptors (Lipinski definition) is 6. The molecule has 1 N–H and O–H groups in total. The maximum Gasteiger partial charge on any atom is 0.275 e. The number of carbonyl (C=O) groups excluding carboxylic acids is 1. The molecule has 0 aliphatic carbocycles. The van der Waals surface area contributed by atoms with Crippen molar-refractivity contribution in [2.45, 2.75) is 20.3 Å². The van der Waals surface area contributed by atoms with E-state index in [1.807, 2.05) is 19.9 Å². The lowest BCUT2D eigenvalue weighted by molar-refractivity contribution is 0.102. The molecule has 0 unspecified atom stereocenters. The summed E-state index contributed by atoms with van der Waals surface area (Å²) in [7, 11) is 0. The van der Waals surface area contributed by atoms with Crippen molar-refractivity contribution in [1.29, 1.82) is 0 Å².